The molecule has 0 spiro atoms. The molecule has 3 aromatic carbocycles. The highest BCUT2D eigenvalue weighted by Gasteiger charge is 2.20. The van der Waals surface area contributed by atoms with Gasteiger partial charge in [-0.3, -0.25) is 9.69 Å². The van der Waals surface area contributed by atoms with Gasteiger partial charge in [0.05, 0.1) is 11.2 Å². The van der Waals surface area contributed by atoms with Crippen molar-refractivity contribution in [2.24, 2.45) is 0 Å². The monoisotopic (exact) mass is 715 g/mol. The molecule has 1 aliphatic heterocycles. The maximum atomic E-state index is 13.1. The molecular weight excluding hydrogens is 685 g/mol. The van der Waals surface area contributed by atoms with Crippen LogP contribution in [-0.2, 0) is 17.9 Å². The lowest BCUT2D eigenvalue weighted by Gasteiger charge is -2.34. The van der Waals surface area contributed by atoms with Gasteiger partial charge >= 0.3 is 0 Å². The van der Waals surface area contributed by atoms with Gasteiger partial charge in [-0.05, 0) is 72.5 Å². The molecule has 5 rings (SSSR count). The van der Waals surface area contributed by atoms with Gasteiger partial charge < -0.3 is 14.4 Å². The van der Waals surface area contributed by atoms with Gasteiger partial charge in [-0.25, -0.2) is 4.98 Å². The van der Waals surface area contributed by atoms with Gasteiger partial charge in [0.25, 0.3) is 0 Å². The summed E-state index contributed by atoms with van der Waals surface area (Å²) in [5.74, 6) is 1.50. The highest BCUT2D eigenvalue weighted by atomic mass is 79.9. The van der Waals surface area contributed by atoms with Crippen molar-refractivity contribution in [3.05, 3.63) is 122 Å². The third-order valence-electron chi connectivity index (χ3n) is 7.30. The van der Waals surface area contributed by atoms with Gasteiger partial charge in [-0.15, -0.1) is 17.0 Å². The molecule has 1 saturated heterocycles. The molecule has 2 heterocycles. The van der Waals surface area contributed by atoms with E-state index in [9.17, 15) is 4.79 Å². The highest BCUT2D eigenvalue weighted by Crippen LogP contribution is 2.35. The maximum absolute atomic E-state index is 13.1. The molecule has 1 amide bonds. The number of nitrogens with zero attached hydrogens (tertiary/aromatic N) is 3. The lowest BCUT2D eigenvalue weighted by molar-refractivity contribution is -0.127. The molecule has 0 bridgehead atoms. The Labute approximate surface area is 283 Å². The fourth-order valence-electron chi connectivity index (χ4n) is 4.82. The van der Waals surface area contributed by atoms with E-state index in [4.69, 9.17) is 44.3 Å². The Morgan fingerprint density at radius 3 is 2.32 bits per heavy atom. The summed E-state index contributed by atoms with van der Waals surface area (Å²) in [6.45, 7) is 8.02. The second-order valence-electron chi connectivity index (χ2n) is 10.5. The van der Waals surface area contributed by atoms with E-state index in [1.807, 2.05) is 79.4 Å². The first kappa shape index (κ1) is 33.8. The molecule has 0 radical (unpaired) electrons. The molecule has 10 heteroatoms. The number of pyridine rings is 1. The summed E-state index contributed by atoms with van der Waals surface area (Å²) in [6, 6.07) is 22.7. The quantitative estimate of drug-likeness (QED) is 0.162. The minimum absolute atomic E-state index is 0. The van der Waals surface area contributed by atoms with Crippen molar-refractivity contribution in [2.45, 2.75) is 27.0 Å². The lowest BCUT2D eigenvalue weighted by Crippen LogP contribution is -2.47. The number of aromatic nitrogens is 1. The van der Waals surface area contributed by atoms with E-state index in [1.165, 1.54) is 5.56 Å². The number of piperazine rings is 1. The standard InChI is InChI=1S/C34H32Cl3N3O3.BrH/c1-23(18-33(41)40-15-13-39(14-16-40)21-25-7-9-28(35)10-8-25)27-17-24(2)34(31(37)19-27)43-32-12-11-29(20-38-32)42-22-26-5-3-4-6-30(26)36;/h3-12,17-20H,13-16,21-22H2,1-2H3;1H. The number of aryl methyl sites for hydroxylation is 1. The minimum Gasteiger partial charge on any atom is -0.487 e. The third-order valence-corrected chi connectivity index (χ3v) is 8.20. The van der Waals surface area contributed by atoms with E-state index in [1.54, 1.807) is 24.4 Å². The predicted molar refractivity (Wildman–Crippen MR) is 184 cm³/mol. The molecule has 4 aromatic rings. The normalized spacial score (nSPS) is 13.8. The number of hydrogen-bond donors (Lipinski definition) is 0. The summed E-state index contributed by atoms with van der Waals surface area (Å²) < 4.78 is 11.8. The molecule has 230 valence electrons. The minimum atomic E-state index is -0.00112. The lowest BCUT2D eigenvalue weighted by atomic mass is 10.0. The van der Waals surface area contributed by atoms with Gasteiger partial charge in [0.1, 0.15) is 12.4 Å². The van der Waals surface area contributed by atoms with Crippen molar-refractivity contribution in [1.29, 1.82) is 0 Å². The number of benzene rings is 3. The van der Waals surface area contributed by atoms with Gasteiger partial charge in [0.15, 0.2) is 5.75 Å². The average Bonchev–Trinajstić information content (AvgIpc) is 3.00. The van der Waals surface area contributed by atoms with Crippen LogP contribution >= 0.6 is 51.8 Å². The van der Waals surface area contributed by atoms with Crippen molar-refractivity contribution < 1.29 is 14.3 Å². The first-order valence-corrected chi connectivity index (χ1v) is 15.1. The van der Waals surface area contributed by atoms with Crippen LogP contribution in [-0.4, -0.2) is 46.9 Å². The number of allylic oxidation sites excluding steroid dienone is 1. The number of amides is 1. The Balaban J connectivity index is 0.00000442. The van der Waals surface area contributed by atoms with Crippen LogP contribution in [0.2, 0.25) is 15.1 Å². The number of ether oxygens (including phenoxy) is 2. The molecule has 6 nitrogen and oxygen atoms in total. The van der Waals surface area contributed by atoms with Crippen molar-refractivity contribution in [3.63, 3.8) is 0 Å². The molecular formula is C34H33BrCl3N3O3. The third kappa shape index (κ3) is 8.99. The summed E-state index contributed by atoms with van der Waals surface area (Å²) in [5, 5.41) is 1.83. The number of hydrogen-bond acceptors (Lipinski definition) is 5. The number of carbonyl (C=O) groups is 1. The summed E-state index contributed by atoms with van der Waals surface area (Å²) in [6.07, 6.45) is 3.28. The first-order valence-electron chi connectivity index (χ1n) is 14.0. The fourth-order valence-corrected chi connectivity index (χ4v) is 5.44. The van der Waals surface area contributed by atoms with Crippen LogP contribution in [0, 0.1) is 6.92 Å². The second kappa shape index (κ2) is 15.8. The number of halogens is 4. The fraction of sp³-hybridized carbons (Fsp3) is 0.235. The Kier molecular flexibility index (Phi) is 12.1. The van der Waals surface area contributed by atoms with Crippen LogP contribution in [0.15, 0.2) is 85.1 Å². The molecule has 44 heavy (non-hydrogen) atoms. The van der Waals surface area contributed by atoms with Crippen molar-refractivity contribution >= 4 is 63.3 Å². The van der Waals surface area contributed by atoms with Crippen LogP contribution in [0.5, 0.6) is 17.4 Å². The van der Waals surface area contributed by atoms with Crippen LogP contribution in [0.25, 0.3) is 5.57 Å². The van der Waals surface area contributed by atoms with Gasteiger partial charge in [-0.2, -0.15) is 0 Å². The second-order valence-corrected chi connectivity index (χ2v) is 11.7. The average molecular weight is 718 g/mol. The van der Waals surface area contributed by atoms with E-state index < -0.39 is 0 Å². The smallest absolute Gasteiger partial charge is 0.246 e. The molecule has 0 aliphatic carbocycles. The zero-order valence-electron chi connectivity index (χ0n) is 24.4. The highest BCUT2D eigenvalue weighted by molar-refractivity contribution is 8.93. The molecule has 0 saturated carbocycles. The molecule has 0 atom stereocenters. The molecule has 0 N–H and O–H groups in total. The summed E-state index contributed by atoms with van der Waals surface area (Å²) >= 11 is 18.8. The summed E-state index contributed by atoms with van der Waals surface area (Å²) in [4.78, 5) is 21.7. The SMILES string of the molecule is Br.CC(=CC(=O)N1CCN(Cc2ccc(Cl)cc2)CC1)c1cc(C)c(Oc2ccc(OCc3ccccc3Cl)cn2)c(Cl)c1. The van der Waals surface area contributed by atoms with Crippen molar-refractivity contribution in [1.82, 2.24) is 14.8 Å². The Morgan fingerprint density at radius 1 is 0.932 bits per heavy atom. The van der Waals surface area contributed by atoms with E-state index in [0.717, 1.165) is 46.9 Å². The topological polar surface area (TPSA) is 54.9 Å². The van der Waals surface area contributed by atoms with E-state index >= 15 is 0 Å². The van der Waals surface area contributed by atoms with E-state index in [2.05, 4.69) is 9.88 Å². The zero-order valence-corrected chi connectivity index (χ0v) is 28.4. The van der Waals surface area contributed by atoms with Crippen LogP contribution in [0.3, 0.4) is 0 Å². The maximum Gasteiger partial charge on any atom is 0.246 e. The van der Waals surface area contributed by atoms with Gasteiger partial charge in [-0.1, -0.05) is 65.1 Å². The molecule has 1 fully saturated rings. The molecule has 0 unspecified atom stereocenters. The van der Waals surface area contributed by atoms with Gasteiger partial charge in [0.2, 0.25) is 11.8 Å². The predicted octanol–water partition coefficient (Wildman–Crippen LogP) is 9.05. The van der Waals surface area contributed by atoms with E-state index in [0.29, 0.717) is 47.1 Å². The van der Waals surface area contributed by atoms with E-state index in [-0.39, 0.29) is 22.9 Å². The Hall–Kier alpha value is -3.07. The number of carbonyl (C=O) groups excluding carboxylic acids is 1. The molecule has 1 aliphatic rings. The largest absolute Gasteiger partial charge is 0.487 e. The number of rotatable bonds is 9. The summed E-state index contributed by atoms with van der Waals surface area (Å²) in [5.41, 5.74) is 4.64. The Morgan fingerprint density at radius 2 is 1.66 bits per heavy atom. The first-order chi connectivity index (χ1) is 20.7. The molecule has 1 aromatic heterocycles. The zero-order chi connectivity index (χ0) is 30.3. The van der Waals surface area contributed by atoms with Crippen LogP contribution in [0.4, 0.5) is 0 Å². The van der Waals surface area contributed by atoms with Crippen LogP contribution in [0.1, 0.15) is 29.2 Å². The van der Waals surface area contributed by atoms with Crippen LogP contribution < -0.4 is 9.47 Å². The Bertz CT molecular complexity index is 1580. The van der Waals surface area contributed by atoms with Crippen molar-refractivity contribution in [2.75, 3.05) is 26.2 Å². The van der Waals surface area contributed by atoms with Gasteiger partial charge in [0, 0.05) is 60.5 Å². The van der Waals surface area contributed by atoms with Crippen molar-refractivity contribution in [3.8, 4) is 17.4 Å². The summed E-state index contributed by atoms with van der Waals surface area (Å²) in [7, 11) is 0.